The lowest BCUT2D eigenvalue weighted by molar-refractivity contribution is 0.754. The van der Waals surface area contributed by atoms with Crippen molar-refractivity contribution in [2.45, 2.75) is 25.2 Å². The van der Waals surface area contributed by atoms with E-state index in [2.05, 4.69) is 109 Å². The summed E-state index contributed by atoms with van der Waals surface area (Å²) in [6, 6.07) is 52.3. The number of hydrogen-bond acceptors (Lipinski definition) is 6. The second kappa shape index (κ2) is 15.6. The maximum atomic E-state index is 5.07. The van der Waals surface area contributed by atoms with Gasteiger partial charge in [0.1, 0.15) is 5.82 Å². The molecule has 2 heterocycles. The summed E-state index contributed by atoms with van der Waals surface area (Å²) in [6.45, 7) is 0. The zero-order valence-corrected chi connectivity index (χ0v) is 31.8. The quantitative estimate of drug-likeness (QED) is 0.154. The smallest absolute Gasteiger partial charge is 0.164 e. The number of rotatable bonds is 8. The summed E-state index contributed by atoms with van der Waals surface area (Å²) >= 11 is 0. The van der Waals surface area contributed by atoms with E-state index in [4.69, 9.17) is 29.9 Å². The molecular formula is C52H38N6. The van der Waals surface area contributed by atoms with E-state index in [0.29, 0.717) is 23.3 Å². The molecule has 276 valence electrons. The molecular weight excluding hydrogens is 709 g/mol. The maximum absolute atomic E-state index is 5.07. The van der Waals surface area contributed by atoms with Crippen LogP contribution in [0.3, 0.4) is 0 Å². The van der Waals surface area contributed by atoms with Crippen molar-refractivity contribution in [2.75, 3.05) is 0 Å². The Morgan fingerprint density at radius 2 is 0.828 bits per heavy atom. The highest BCUT2D eigenvalue weighted by atomic mass is 15.0. The fraction of sp³-hybridized carbons (Fsp3) is 0.0769. The standard InChI is InChI=1S/C52H38N6/c1-5-15-37(16-6-1)47-53-48(38-17-7-2-8-18-38)56-51(55-47)41-29-25-35(26-30-41)45-33-43-23-13-14-24-44(43)34-46(45)36-27-31-42(32-28-36)52-57-49(39-19-9-3-10-20-39)54-50(58-52)40-21-11-4-12-22-40/h1-21,23-27,29-31,33-34,40H,22,28,32H2. The summed E-state index contributed by atoms with van der Waals surface area (Å²) < 4.78 is 0. The van der Waals surface area contributed by atoms with Crippen LogP contribution in [0.2, 0.25) is 0 Å². The molecule has 1 atom stereocenters. The minimum Gasteiger partial charge on any atom is -0.213 e. The molecule has 0 spiro atoms. The normalized spacial score (nSPS) is 14.9. The predicted molar refractivity (Wildman–Crippen MR) is 235 cm³/mol. The van der Waals surface area contributed by atoms with Crippen LogP contribution in [0, 0.1) is 0 Å². The highest BCUT2D eigenvalue weighted by Crippen LogP contribution is 2.39. The van der Waals surface area contributed by atoms with E-state index in [-0.39, 0.29) is 5.92 Å². The molecule has 58 heavy (non-hydrogen) atoms. The molecule has 8 aromatic rings. The Kier molecular flexibility index (Phi) is 9.41. The number of hydrogen-bond donors (Lipinski definition) is 0. The third-order valence-electron chi connectivity index (χ3n) is 10.8. The van der Waals surface area contributed by atoms with Gasteiger partial charge in [0.15, 0.2) is 29.1 Å². The number of benzene rings is 6. The minimum absolute atomic E-state index is 0.123. The number of fused-ring (bicyclic) bond motifs is 1. The topological polar surface area (TPSA) is 77.3 Å². The zero-order valence-electron chi connectivity index (χ0n) is 31.8. The molecule has 0 N–H and O–H groups in total. The summed E-state index contributed by atoms with van der Waals surface area (Å²) in [5.41, 5.74) is 9.76. The average molecular weight is 747 g/mol. The van der Waals surface area contributed by atoms with E-state index in [1.165, 1.54) is 27.5 Å². The molecule has 2 aromatic heterocycles. The molecule has 2 aliphatic carbocycles. The summed E-state index contributed by atoms with van der Waals surface area (Å²) in [4.78, 5) is 29.9. The molecule has 6 nitrogen and oxygen atoms in total. The van der Waals surface area contributed by atoms with Crippen LogP contribution in [-0.4, -0.2) is 29.9 Å². The largest absolute Gasteiger partial charge is 0.213 e. The Labute approximate surface area is 337 Å². The van der Waals surface area contributed by atoms with Crippen LogP contribution in [0.5, 0.6) is 0 Å². The Morgan fingerprint density at radius 1 is 0.379 bits per heavy atom. The second-order valence-electron chi connectivity index (χ2n) is 14.6. The monoisotopic (exact) mass is 746 g/mol. The van der Waals surface area contributed by atoms with Crippen LogP contribution in [-0.2, 0) is 0 Å². The van der Waals surface area contributed by atoms with E-state index in [0.717, 1.165) is 64.3 Å². The van der Waals surface area contributed by atoms with Crippen molar-refractivity contribution in [3.05, 3.63) is 205 Å². The van der Waals surface area contributed by atoms with Crippen LogP contribution in [0.15, 0.2) is 188 Å². The molecule has 1 unspecified atom stereocenters. The lowest BCUT2D eigenvalue weighted by Crippen LogP contribution is -2.10. The fourth-order valence-electron chi connectivity index (χ4n) is 7.72. The van der Waals surface area contributed by atoms with E-state index >= 15 is 0 Å². The third kappa shape index (κ3) is 7.19. The first-order valence-electron chi connectivity index (χ1n) is 19.8. The zero-order chi connectivity index (χ0) is 38.7. The van der Waals surface area contributed by atoms with Gasteiger partial charge in [-0.25, -0.2) is 29.9 Å². The van der Waals surface area contributed by atoms with Gasteiger partial charge < -0.3 is 0 Å². The summed E-state index contributed by atoms with van der Waals surface area (Å²) in [6.07, 6.45) is 15.6. The van der Waals surface area contributed by atoms with E-state index in [9.17, 15) is 0 Å². The van der Waals surface area contributed by atoms with Crippen molar-refractivity contribution in [3.8, 4) is 56.7 Å². The second-order valence-corrected chi connectivity index (χ2v) is 14.6. The van der Waals surface area contributed by atoms with Crippen molar-refractivity contribution >= 4 is 21.9 Å². The summed E-state index contributed by atoms with van der Waals surface area (Å²) in [5.74, 6) is 4.33. The van der Waals surface area contributed by atoms with Crippen molar-refractivity contribution in [3.63, 3.8) is 0 Å². The van der Waals surface area contributed by atoms with E-state index in [1.54, 1.807) is 0 Å². The Bertz CT molecular complexity index is 2840. The highest BCUT2D eigenvalue weighted by molar-refractivity contribution is 5.95. The molecule has 0 aliphatic heterocycles. The molecule has 6 aromatic carbocycles. The van der Waals surface area contributed by atoms with Gasteiger partial charge in [-0.15, -0.1) is 0 Å². The Balaban J connectivity index is 1.02. The van der Waals surface area contributed by atoms with Gasteiger partial charge >= 0.3 is 0 Å². The van der Waals surface area contributed by atoms with Gasteiger partial charge in [0.2, 0.25) is 0 Å². The van der Waals surface area contributed by atoms with Crippen molar-refractivity contribution in [1.29, 1.82) is 0 Å². The molecule has 0 saturated heterocycles. The predicted octanol–water partition coefficient (Wildman–Crippen LogP) is 12.4. The van der Waals surface area contributed by atoms with Crippen molar-refractivity contribution in [1.82, 2.24) is 29.9 Å². The molecule has 0 radical (unpaired) electrons. The average Bonchev–Trinajstić information content (AvgIpc) is 3.32. The summed E-state index contributed by atoms with van der Waals surface area (Å²) in [5, 5.41) is 2.41. The molecule has 10 rings (SSSR count). The van der Waals surface area contributed by atoms with Crippen LogP contribution >= 0.6 is 0 Å². The van der Waals surface area contributed by atoms with E-state index in [1.807, 2.05) is 78.9 Å². The Morgan fingerprint density at radius 3 is 1.36 bits per heavy atom. The van der Waals surface area contributed by atoms with Crippen LogP contribution < -0.4 is 0 Å². The van der Waals surface area contributed by atoms with Crippen LogP contribution in [0.4, 0.5) is 0 Å². The molecule has 0 amide bonds. The molecule has 2 aliphatic rings. The Hall–Kier alpha value is -7.44. The fourth-order valence-corrected chi connectivity index (χ4v) is 7.72. The SMILES string of the molecule is C1=CCC(c2nc(C3=CC=C(c4cc5ccccc5cc4-c4ccc(-c5nc(-c6ccccc6)nc(-c6ccccc6)n5)cc4)CC3)nc(-c3ccccc3)n2)C=C1. The minimum atomic E-state index is 0.123. The highest BCUT2D eigenvalue weighted by Gasteiger charge is 2.21. The number of allylic oxidation sites excluding steroid dienone is 8. The first kappa shape index (κ1) is 35.0. The molecule has 6 heteroatoms. The lowest BCUT2D eigenvalue weighted by Gasteiger charge is -2.20. The maximum Gasteiger partial charge on any atom is 0.164 e. The number of nitrogens with zero attached hydrogens (tertiary/aromatic N) is 6. The first-order valence-corrected chi connectivity index (χ1v) is 19.8. The van der Waals surface area contributed by atoms with Gasteiger partial charge in [0, 0.05) is 28.2 Å². The van der Waals surface area contributed by atoms with Crippen LogP contribution in [0.1, 0.15) is 42.4 Å². The van der Waals surface area contributed by atoms with Crippen LogP contribution in [0.25, 0.3) is 78.6 Å². The van der Waals surface area contributed by atoms with Gasteiger partial charge in [-0.1, -0.05) is 176 Å². The van der Waals surface area contributed by atoms with Gasteiger partial charge in [0.25, 0.3) is 0 Å². The molecule has 0 bridgehead atoms. The molecule has 0 saturated carbocycles. The number of aromatic nitrogens is 6. The first-order chi connectivity index (χ1) is 28.7. The van der Waals surface area contributed by atoms with E-state index < -0.39 is 0 Å². The third-order valence-corrected chi connectivity index (χ3v) is 10.8. The van der Waals surface area contributed by atoms with Gasteiger partial charge in [0.05, 0.1) is 0 Å². The van der Waals surface area contributed by atoms with Gasteiger partial charge in [-0.3, -0.25) is 0 Å². The van der Waals surface area contributed by atoms with Crippen molar-refractivity contribution in [2.24, 2.45) is 0 Å². The van der Waals surface area contributed by atoms with Gasteiger partial charge in [-0.05, 0) is 70.0 Å². The lowest BCUT2D eigenvalue weighted by atomic mass is 9.86. The van der Waals surface area contributed by atoms with Crippen molar-refractivity contribution < 1.29 is 0 Å². The molecule has 0 fully saturated rings. The summed E-state index contributed by atoms with van der Waals surface area (Å²) in [7, 11) is 0. The van der Waals surface area contributed by atoms with Gasteiger partial charge in [-0.2, -0.15) is 0 Å².